The Morgan fingerprint density at radius 2 is 2.26 bits per heavy atom. The van der Waals surface area contributed by atoms with Gasteiger partial charge in [-0.25, -0.2) is 9.67 Å². The van der Waals surface area contributed by atoms with E-state index in [9.17, 15) is 4.79 Å². The van der Waals surface area contributed by atoms with E-state index >= 15 is 0 Å². The number of hydrogen-bond acceptors (Lipinski definition) is 6. The Hall–Kier alpha value is -3.10. The first-order chi connectivity index (χ1) is 13.2. The van der Waals surface area contributed by atoms with Gasteiger partial charge >= 0.3 is 0 Å². The van der Waals surface area contributed by atoms with Gasteiger partial charge in [0.2, 0.25) is 5.91 Å². The largest absolute Gasteiger partial charge is 0.340 e. The lowest BCUT2D eigenvalue weighted by atomic mass is 9.97. The highest BCUT2D eigenvalue weighted by Crippen LogP contribution is 2.26. The molecule has 4 rings (SSSR count). The van der Waals surface area contributed by atoms with Crippen molar-refractivity contribution >= 4 is 5.91 Å². The van der Waals surface area contributed by atoms with Gasteiger partial charge in [-0.15, -0.1) is 5.10 Å². The third kappa shape index (κ3) is 3.86. The van der Waals surface area contributed by atoms with E-state index in [0.717, 1.165) is 37.3 Å². The number of carbonyl (C=O) groups excluding carboxylic acids is 1. The number of nitrogens with zero attached hydrogens (tertiary/aromatic N) is 8. The number of hydrogen-bond donors (Lipinski definition) is 0. The Morgan fingerprint density at radius 1 is 1.33 bits per heavy atom. The van der Waals surface area contributed by atoms with Gasteiger partial charge in [-0.05, 0) is 41.8 Å². The van der Waals surface area contributed by atoms with E-state index in [0.29, 0.717) is 12.4 Å². The summed E-state index contributed by atoms with van der Waals surface area (Å²) in [5.74, 6) is 1.93. The molecule has 0 bridgehead atoms. The van der Waals surface area contributed by atoms with Crippen LogP contribution in [0, 0.1) is 6.92 Å². The summed E-state index contributed by atoms with van der Waals surface area (Å²) in [6, 6.07) is 4.00. The number of pyridine rings is 1. The fourth-order valence-electron chi connectivity index (χ4n) is 3.54. The Labute approximate surface area is 157 Å². The average molecular weight is 366 g/mol. The molecule has 9 heteroatoms. The zero-order valence-electron chi connectivity index (χ0n) is 15.3. The molecule has 0 aromatic carbocycles. The minimum atomic E-state index is 0.0421. The summed E-state index contributed by atoms with van der Waals surface area (Å²) in [7, 11) is 0. The van der Waals surface area contributed by atoms with Crippen LogP contribution in [0.25, 0.3) is 0 Å². The molecule has 1 unspecified atom stereocenters. The van der Waals surface area contributed by atoms with Crippen LogP contribution < -0.4 is 0 Å². The molecule has 1 fully saturated rings. The Morgan fingerprint density at radius 3 is 3.04 bits per heavy atom. The standard InChI is InChI=1S/C18H22N8O/c1-14-21-22-23-26(14)13-17(27)24-8-3-5-16(12-24)18-20-7-9-25(18)11-15-4-2-6-19-10-15/h2,4,6-7,9-10,16H,3,5,8,11-13H2,1H3. The van der Waals surface area contributed by atoms with E-state index in [4.69, 9.17) is 0 Å². The van der Waals surface area contributed by atoms with Crippen molar-refractivity contribution in [2.75, 3.05) is 13.1 Å². The number of aromatic nitrogens is 7. The van der Waals surface area contributed by atoms with Crippen LogP contribution in [0.1, 0.15) is 36.0 Å². The van der Waals surface area contributed by atoms with Crippen LogP contribution in [-0.2, 0) is 17.9 Å². The van der Waals surface area contributed by atoms with Gasteiger partial charge in [0.05, 0.1) is 6.54 Å². The van der Waals surface area contributed by atoms with Gasteiger partial charge in [0.1, 0.15) is 18.2 Å². The first-order valence-corrected chi connectivity index (χ1v) is 9.11. The fraction of sp³-hybridized carbons (Fsp3) is 0.444. The number of amides is 1. The summed E-state index contributed by atoms with van der Waals surface area (Å²) in [5.41, 5.74) is 1.13. The molecule has 1 saturated heterocycles. The van der Waals surface area contributed by atoms with E-state index in [-0.39, 0.29) is 18.4 Å². The second-order valence-corrected chi connectivity index (χ2v) is 6.84. The van der Waals surface area contributed by atoms with Gasteiger partial charge in [0, 0.05) is 43.8 Å². The quantitative estimate of drug-likeness (QED) is 0.669. The van der Waals surface area contributed by atoms with E-state index in [2.05, 4.69) is 36.1 Å². The number of imidazole rings is 1. The van der Waals surface area contributed by atoms with Crippen molar-refractivity contribution in [3.63, 3.8) is 0 Å². The third-order valence-corrected chi connectivity index (χ3v) is 4.96. The third-order valence-electron chi connectivity index (χ3n) is 4.96. The van der Waals surface area contributed by atoms with Gasteiger partial charge in [0.15, 0.2) is 0 Å². The molecule has 0 N–H and O–H groups in total. The minimum absolute atomic E-state index is 0.0421. The van der Waals surface area contributed by atoms with Crippen LogP contribution in [-0.4, -0.2) is 58.6 Å². The molecule has 3 aromatic rings. The lowest BCUT2D eigenvalue weighted by molar-refractivity contribution is -0.133. The summed E-state index contributed by atoms with van der Waals surface area (Å²) >= 11 is 0. The molecule has 4 heterocycles. The summed E-state index contributed by atoms with van der Waals surface area (Å²) in [5, 5.41) is 11.3. The number of tetrazole rings is 1. The maximum atomic E-state index is 12.7. The normalized spacial score (nSPS) is 17.2. The molecular weight excluding hydrogens is 344 g/mol. The number of carbonyl (C=O) groups is 1. The Kier molecular flexibility index (Phi) is 4.91. The smallest absolute Gasteiger partial charge is 0.244 e. The van der Waals surface area contributed by atoms with Crippen LogP contribution >= 0.6 is 0 Å². The first kappa shape index (κ1) is 17.3. The van der Waals surface area contributed by atoms with E-state index in [1.54, 1.807) is 13.1 Å². The molecular formula is C18H22N8O. The molecule has 1 amide bonds. The van der Waals surface area contributed by atoms with Crippen LogP contribution in [0.15, 0.2) is 36.9 Å². The maximum Gasteiger partial charge on any atom is 0.244 e. The van der Waals surface area contributed by atoms with Crippen molar-refractivity contribution in [2.24, 2.45) is 0 Å². The molecule has 1 aliphatic rings. The Balaban J connectivity index is 1.45. The monoisotopic (exact) mass is 366 g/mol. The molecule has 1 atom stereocenters. The van der Waals surface area contributed by atoms with E-state index in [1.165, 1.54) is 4.68 Å². The predicted octanol–water partition coefficient (Wildman–Crippen LogP) is 1.03. The molecule has 1 aliphatic heterocycles. The number of piperidine rings is 1. The van der Waals surface area contributed by atoms with E-state index in [1.807, 2.05) is 29.6 Å². The van der Waals surface area contributed by atoms with Gasteiger partial charge in [0.25, 0.3) is 0 Å². The van der Waals surface area contributed by atoms with Crippen molar-refractivity contribution in [3.8, 4) is 0 Å². The highest BCUT2D eigenvalue weighted by atomic mass is 16.2. The highest BCUT2D eigenvalue weighted by Gasteiger charge is 2.28. The summed E-state index contributed by atoms with van der Waals surface area (Å²) in [6.45, 7) is 4.14. The fourth-order valence-corrected chi connectivity index (χ4v) is 3.54. The van der Waals surface area contributed by atoms with Gasteiger partial charge in [-0.3, -0.25) is 9.78 Å². The molecule has 0 radical (unpaired) electrons. The number of rotatable bonds is 5. The molecule has 27 heavy (non-hydrogen) atoms. The van der Waals surface area contributed by atoms with Gasteiger partial charge < -0.3 is 9.47 Å². The maximum absolute atomic E-state index is 12.7. The molecule has 140 valence electrons. The van der Waals surface area contributed by atoms with E-state index < -0.39 is 0 Å². The van der Waals surface area contributed by atoms with Gasteiger partial charge in [-0.1, -0.05) is 6.07 Å². The highest BCUT2D eigenvalue weighted by molar-refractivity contribution is 5.76. The number of likely N-dealkylation sites (tertiary alicyclic amines) is 1. The minimum Gasteiger partial charge on any atom is -0.340 e. The second kappa shape index (κ2) is 7.65. The molecule has 0 saturated carbocycles. The zero-order chi connectivity index (χ0) is 18.6. The summed E-state index contributed by atoms with van der Waals surface area (Å²) in [6.07, 6.45) is 9.46. The van der Waals surface area contributed by atoms with Crippen molar-refractivity contribution in [1.29, 1.82) is 0 Å². The average Bonchev–Trinajstić information content (AvgIpc) is 3.32. The summed E-state index contributed by atoms with van der Waals surface area (Å²) < 4.78 is 3.69. The molecule has 3 aromatic heterocycles. The molecule has 0 spiro atoms. The van der Waals surface area contributed by atoms with Crippen molar-refractivity contribution in [1.82, 2.24) is 39.6 Å². The molecule has 0 aliphatic carbocycles. The zero-order valence-corrected chi connectivity index (χ0v) is 15.3. The van der Waals surface area contributed by atoms with Crippen LogP contribution in [0.4, 0.5) is 0 Å². The van der Waals surface area contributed by atoms with Crippen molar-refractivity contribution in [3.05, 3.63) is 54.1 Å². The summed E-state index contributed by atoms with van der Waals surface area (Å²) in [4.78, 5) is 23.4. The van der Waals surface area contributed by atoms with Crippen molar-refractivity contribution in [2.45, 2.75) is 38.8 Å². The van der Waals surface area contributed by atoms with Crippen molar-refractivity contribution < 1.29 is 4.79 Å². The topological polar surface area (TPSA) is 94.6 Å². The lowest BCUT2D eigenvalue weighted by Crippen LogP contribution is -2.41. The predicted molar refractivity (Wildman–Crippen MR) is 96.7 cm³/mol. The number of aryl methyl sites for hydroxylation is 1. The van der Waals surface area contributed by atoms with Gasteiger partial charge in [-0.2, -0.15) is 0 Å². The second-order valence-electron chi connectivity index (χ2n) is 6.84. The van der Waals surface area contributed by atoms with Crippen LogP contribution in [0.5, 0.6) is 0 Å². The van der Waals surface area contributed by atoms with Crippen LogP contribution in [0.2, 0.25) is 0 Å². The molecule has 9 nitrogen and oxygen atoms in total. The lowest BCUT2D eigenvalue weighted by Gasteiger charge is -2.32. The first-order valence-electron chi connectivity index (χ1n) is 9.11. The SMILES string of the molecule is Cc1nnnn1CC(=O)N1CCCC(c2nccn2Cc2cccnc2)C1. The van der Waals surface area contributed by atoms with Crippen LogP contribution in [0.3, 0.4) is 0 Å². The Bertz CT molecular complexity index is 903.